The van der Waals surface area contributed by atoms with Gasteiger partial charge in [0.1, 0.15) is 0 Å². The molecule has 0 spiro atoms. The fourth-order valence-corrected chi connectivity index (χ4v) is 4.16. The minimum Gasteiger partial charge on any atom is -0.0914 e. The van der Waals surface area contributed by atoms with Crippen LogP contribution in [0.1, 0.15) is 65.2 Å². The van der Waals surface area contributed by atoms with Crippen LogP contribution in [-0.4, -0.2) is 0 Å². The van der Waals surface area contributed by atoms with E-state index in [0.29, 0.717) is 0 Å². The van der Waals surface area contributed by atoms with Crippen molar-refractivity contribution in [2.24, 2.45) is 23.7 Å². The third kappa shape index (κ3) is 3.73. The minimum atomic E-state index is 0.894. The van der Waals surface area contributed by atoms with Crippen LogP contribution in [0.25, 0.3) is 0 Å². The predicted octanol–water partition coefficient (Wildman–Crippen LogP) is 5.75. The Balaban J connectivity index is 1.74. The topological polar surface area (TPSA) is 0 Å². The molecule has 0 aromatic carbocycles. The van der Waals surface area contributed by atoms with E-state index in [1.165, 1.54) is 51.4 Å². The Bertz CT molecular complexity index is 240. The first kappa shape index (κ1) is 13.9. The molecule has 0 aliphatic heterocycles. The summed E-state index contributed by atoms with van der Waals surface area (Å²) in [7, 11) is 0. The fraction of sp³-hybridized carbons (Fsp3) is 0.778. The van der Waals surface area contributed by atoms with Gasteiger partial charge in [0.2, 0.25) is 0 Å². The lowest BCUT2D eigenvalue weighted by Crippen LogP contribution is -2.25. The quantitative estimate of drug-likeness (QED) is 0.556. The molecule has 0 heterocycles. The van der Waals surface area contributed by atoms with Gasteiger partial charge < -0.3 is 0 Å². The Labute approximate surface area is 114 Å². The molecule has 0 N–H and O–H groups in total. The van der Waals surface area contributed by atoms with Crippen LogP contribution < -0.4 is 0 Å². The molecule has 0 aromatic heterocycles. The maximum atomic E-state index is 2.43. The molecule has 0 atom stereocenters. The highest BCUT2D eigenvalue weighted by Gasteiger charge is 2.29. The molecule has 2 fully saturated rings. The van der Waals surface area contributed by atoms with Gasteiger partial charge in [0.25, 0.3) is 0 Å². The summed E-state index contributed by atoms with van der Waals surface area (Å²) in [6.07, 6.45) is 21.1. The standard InChI is InChI=1S/C18H30/c1-3-5-15-7-11-17(12-8-15)18-13-9-16(6-4-2)10-14-18/h3-6,15-18H,7-14H2,1-2H3/b5-3+,6-4+. The van der Waals surface area contributed by atoms with Crippen molar-refractivity contribution in [3.63, 3.8) is 0 Å². The lowest BCUT2D eigenvalue weighted by molar-refractivity contribution is 0.166. The number of hydrogen-bond donors (Lipinski definition) is 0. The maximum absolute atomic E-state index is 2.43. The van der Waals surface area contributed by atoms with Crippen molar-refractivity contribution in [1.82, 2.24) is 0 Å². The highest BCUT2D eigenvalue weighted by molar-refractivity contribution is 4.93. The van der Waals surface area contributed by atoms with Crippen molar-refractivity contribution in [2.45, 2.75) is 65.2 Å². The molecule has 0 aromatic rings. The molecule has 102 valence electrons. The zero-order valence-electron chi connectivity index (χ0n) is 12.3. The molecule has 18 heavy (non-hydrogen) atoms. The van der Waals surface area contributed by atoms with Gasteiger partial charge in [-0.3, -0.25) is 0 Å². The van der Waals surface area contributed by atoms with Crippen LogP contribution in [0.5, 0.6) is 0 Å². The molecule has 0 heteroatoms. The van der Waals surface area contributed by atoms with E-state index in [-0.39, 0.29) is 0 Å². The Morgan fingerprint density at radius 1 is 0.556 bits per heavy atom. The minimum absolute atomic E-state index is 0.894. The fourth-order valence-electron chi connectivity index (χ4n) is 4.16. The van der Waals surface area contributed by atoms with E-state index in [4.69, 9.17) is 0 Å². The highest BCUT2D eigenvalue weighted by Crippen LogP contribution is 2.41. The molecule has 0 nitrogen and oxygen atoms in total. The smallest absolute Gasteiger partial charge is 0.0233 e. The molecule has 2 saturated carbocycles. The van der Waals surface area contributed by atoms with Crippen molar-refractivity contribution >= 4 is 0 Å². The molecular formula is C18H30. The van der Waals surface area contributed by atoms with Gasteiger partial charge in [-0.2, -0.15) is 0 Å². The summed E-state index contributed by atoms with van der Waals surface area (Å²) in [6, 6.07) is 0. The van der Waals surface area contributed by atoms with E-state index in [1.807, 2.05) is 0 Å². The van der Waals surface area contributed by atoms with Crippen molar-refractivity contribution in [2.75, 3.05) is 0 Å². The van der Waals surface area contributed by atoms with Gasteiger partial charge in [-0.1, -0.05) is 24.3 Å². The zero-order chi connectivity index (χ0) is 12.8. The third-order valence-electron chi connectivity index (χ3n) is 5.23. The number of hydrogen-bond acceptors (Lipinski definition) is 0. The summed E-state index contributed by atoms with van der Waals surface area (Å²) in [5, 5.41) is 0. The maximum Gasteiger partial charge on any atom is -0.0233 e. The number of allylic oxidation sites excluding steroid dienone is 4. The second kappa shape index (κ2) is 7.16. The molecule has 2 aliphatic carbocycles. The summed E-state index contributed by atoms with van der Waals surface area (Å²) < 4.78 is 0. The van der Waals surface area contributed by atoms with E-state index < -0.39 is 0 Å². The summed E-state index contributed by atoms with van der Waals surface area (Å²) >= 11 is 0. The van der Waals surface area contributed by atoms with Gasteiger partial charge in [-0.05, 0) is 88.9 Å². The van der Waals surface area contributed by atoms with Crippen molar-refractivity contribution < 1.29 is 0 Å². The Hall–Kier alpha value is -0.520. The van der Waals surface area contributed by atoms with Crippen molar-refractivity contribution in [1.29, 1.82) is 0 Å². The normalized spacial score (nSPS) is 38.6. The van der Waals surface area contributed by atoms with Gasteiger partial charge in [-0.15, -0.1) is 0 Å². The van der Waals surface area contributed by atoms with E-state index in [2.05, 4.69) is 38.2 Å². The van der Waals surface area contributed by atoms with E-state index >= 15 is 0 Å². The van der Waals surface area contributed by atoms with Crippen LogP contribution in [0.4, 0.5) is 0 Å². The van der Waals surface area contributed by atoms with Crippen LogP contribution in [0.2, 0.25) is 0 Å². The molecule has 0 radical (unpaired) electrons. The first-order valence-electron chi connectivity index (χ1n) is 8.09. The molecule has 2 aliphatic rings. The van der Waals surface area contributed by atoms with E-state index in [0.717, 1.165) is 23.7 Å². The second-order valence-corrected chi connectivity index (χ2v) is 6.40. The third-order valence-corrected chi connectivity index (χ3v) is 5.23. The first-order chi connectivity index (χ1) is 8.83. The molecule has 0 saturated heterocycles. The molecular weight excluding hydrogens is 216 g/mol. The van der Waals surface area contributed by atoms with Gasteiger partial charge in [-0.25, -0.2) is 0 Å². The van der Waals surface area contributed by atoms with E-state index in [9.17, 15) is 0 Å². The summed E-state index contributed by atoms with van der Waals surface area (Å²) in [5.74, 6) is 3.90. The van der Waals surface area contributed by atoms with Crippen molar-refractivity contribution in [3.8, 4) is 0 Å². The largest absolute Gasteiger partial charge is 0.0914 e. The predicted molar refractivity (Wildman–Crippen MR) is 80.5 cm³/mol. The number of rotatable bonds is 3. The van der Waals surface area contributed by atoms with Gasteiger partial charge >= 0.3 is 0 Å². The highest BCUT2D eigenvalue weighted by atomic mass is 14.3. The lowest BCUT2D eigenvalue weighted by Gasteiger charge is -2.36. The van der Waals surface area contributed by atoms with Crippen LogP contribution in [0.3, 0.4) is 0 Å². The summed E-state index contributed by atoms with van der Waals surface area (Å²) in [6.45, 7) is 4.32. The van der Waals surface area contributed by atoms with Gasteiger partial charge in [0, 0.05) is 0 Å². The van der Waals surface area contributed by atoms with Gasteiger partial charge in [0.15, 0.2) is 0 Å². The lowest BCUT2D eigenvalue weighted by atomic mass is 9.69. The van der Waals surface area contributed by atoms with Crippen LogP contribution in [0, 0.1) is 23.7 Å². The summed E-state index contributed by atoms with van der Waals surface area (Å²) in [5.41, 5.74) is 0. The van der Waals surface area contributed by atoms with E-state index in [1.54, 1.807) is 0 Å². The first-order valence-corrected chi connectivity index (χ1v) is 8.09. The average molecular weight is 246 g/mol. The molecule has 2 rings (SSSR count). The Morgan fingerprint density at radius 2 is 0.889 bits per heavy atom. The average Bonchev–Trinajstić information content (AvgIpc) is 2.41. The zero-order valence-corrected chi connectivity index (χ0v) is 12.3. The van der Waals surface area contributed by atoms with Crippen LogP contribution >= 0.6 is 0 Å². The van der Waals surface area contributed by atoms with Gasteiger partial charge in [0.05, 0.1) is 0 Å². The van der Waals surface area contributed by atoms with Crippen molar-refractivity contribution in [3.05, 3.63) is 24.3 Å². The molecule has 0 amide bonds. The SMILES string of the molecule is C/C=C/C1CCC(C2CCC(/C=C/C)CC2)CC1. The monoisotopic (exact) mass is 246 g/mol. The molecule has 0 unspecified atom stereocenters. The van der Waals surface area contributed by atoms with Crippen LogP contribution in [0.15, 0.2) is 24.3 Å². The second-order valence-electron chi connectivity index (χ2n) is 6.40. The molecule has 0 bridgehead atoms. The Kier molecular flexibility index (Phi) is 5.53. The van der Waals surface area contributed by atoms with Crippen LogP contribution in [-0.2, 0) is 0 Å². The summed E-state index contributed by atoms with van der Waals surface area (Å²) in [4.78, 5) is 0. The Morgan fingerprint density at radius 3 is 1.17 bits per heavy atom.